The number of hydrogen-bond donors (Lipinski definition) is 1. The molecule has 0 amide bonds. The molecule has 0 radical (unpaired) electrons. The van der Waals surface area contributed by atoms with Crippen molar-refractivity contribution in [2.24, 2.45) is 0 Å². The molecule has 5 nitrogen and oxygen atoms in total. The predicted octanol–water partition coefficient (Wildman–Crippen LogP) is 2.85. The first-order valence-electron chi connectivity index (χ1n) is 6.56. The molecule has 0 saturated heterocycles. The number of anilines is 1. The molecule has 0 aliphatic carbocycles. The minimum atomic E-state index is -2.39. The van der Waals surface area contributed by atoms with Gasteiger partial charge in [0.2, 0.25) is 0 Å². The van der Waals surface area contributed by atoms with Crippen LogP contribution < -0.4 is 5.32 Å². The molecule has 2 heterocycles. The van der Waals surface area contributed by atoms with Crippen LogP contribution in [-0.4, -0.2) is 26.0 Å². The standard InChI is InChI=1S/C13H19F2N5/c1-9(2)20-13(4-5-17-20)16-6-11-7-18-19(10(11)3)8-12(14)15/h4-5,7,9,12,16H,6,8H2,1-3H3. The van der Waals surface area contributed by atoms with Crippen LogP contribution in [0.15, 0.2) is 18.5 Å². The van der Waals surface area contributed by atoms with Gasteiger partial charge < -0.3 is 5.32 Å². The molecule has 110 valence electrons. The Labute approximate surface area is 116 Å². The van der Waals surface area contributed by atoms with Crippen LogP contribution in [0.2, 0.25) is 0 Å². The third kappa shape index (κ3) is 3.15. The Hall–Kier alpha value is -1.92. The van der Waals surface area contributed by atoms with Gasteiger partial charge in [0.25, 0.3) is 6.43 Å². The molecular weight excluding hydrogens is 264 g/mol. The van der Waals surface area contributed by atoms with Crippen LogP contribution in [0.3, 0.4) is 0 Å². The third-order valence-corrected chi connectivity index (χ3v) is 3.14. The second kappa shape index (κ2) is 6.02. The summed E-state index contributed by atoms with van der Waals surface area (Å²) in [6.07, 6.45) is 0.965. The molecule has 2 aromatic heterocycles. The van der Waals surface area contributed by atoms with E-state index in [1.54, 1.807) is 19.3 Å². The summed E-state index contributed by atoms with van der Waals surface area (Å²) in [7, 11) is 0. The lowest BCUT2D eigenvalue weighted by Gasteiger charge is -2.12. The van der Waals surface area contributed by atoms with Crippen LogP contribution in [0.5, 0.6) is 0 Å². The third-order valence-electron chi connectivity index (χ3n) is 3.14. The Bertz CT molecular complexity index is 559. The lowest BCUT2D eigenvalue weighted by atomic mass is 10.2. The molecule has 20 heavy (non-hydrogen) atoms. The van der Waals surface area contributed by atoms with Crippen LogP contribution in [0, 0.1) is 6.92 Å². The Balaban J connectivity index is 2.04. The van der Waals surface area contributed by atoms with Crippen molar-refractivity contribution < 1.29 is 8.78 Å². The predicted molar refractivity (Wildman–Crippen MR) is 72.9 cm³/mol. The second-order valence-corrected chi connectivity index (χ2v) is 4.94. The normalized spacial score (nSPS) is 11.6. The van der Waals surface area contributed by atoms with Gasteiger partial charge in [0, 0.05) is 29.9 Å². The minimum Gasteiger partial charge on any atom is -0.366 e. The molecule has 0 saturated carbocycles. The number of aromatic nitrogens is 4. The van der Waals surface area contributed by atoms with E-state index in [1.165, 1.54) is 4.68 Å². The summed E-state index contributed by atoms with van der Waals surface area (Å²) in [5.41, 5.74) is 1.66. The fourth-order valence-electron chi connectivity index (χ4n) is 2.03. The Morgan fingerprint density at radius 2 is 2.05 bits per heavy atom. The van der Waals surface area contributed by atoms with Gasteiger partial charge >= 0.3 is 0 Å². The van der Waals surface area contributed by atoms with Crippen molar-refractivity contribution in [1.82, 2.24) is 19.6 Å². The van der Waals surface area contributed by atoms with E-state index in [4.69, 9.17) is 0 Å². The Morgan fingerprint density at radius 3 is 2.70 bits per heavy atom. The van der Waals surface area contributed by atoms with E-state index in [0.717, 1.165) is 17.1 Å². The highest BCUT2D eigenvalue weighted by Crippen LogP contribution is 2.16. The highest BCUT2D eigenvalue weighted by atomic mass is 19.3. The zero-order chi connectivity index (χ0) is 14.7. The molecule has 0 unspecified atom stereocenters. The van der Waals surface area contributed by atoms with Gasteiger partial charge in [-0.15, -0.1) is 0 Å². The number of alkyl halides is 2. The van der Waals surface area contributed by atoms with Gasteiger partial charge in [-0.25, -0.2) is 13.5 Å². The molecule has 7 heteroatoms. The van der Waals surface area contributed by atoms with Gasteiger partial charge in [0.1, 0.15) is 12.4 Å². The lowest BCUT2D eigenvalue weighted by Crippen LogP contribution is -2.12. The number of halogens is 2. The van der Waals surface area contributed by atoms with Gasteiger partial charge in [0.05, 0.1) is 12.4 Å². The number of hydrogen-bond acceptors (Lipinski definition) is 3. The lowest BCUT2D eigenvalue weighted by molar-refractivity contribution is 0.121. The molecule has 0 fully saturated rings. The molecule has 0 atom stereocenters. The quantitative estimate of drug-likeness (QED) is 0.886. The maximum Gasteiger partial charge on any atom is 0.257 e. The Morgan fingerprint density at radius 1 is 1.30 bits per heavy atom. The average Bonchev–Trinajstić information content (AvgIpc) is 2.95. The zero-order valence-electron chi connectivity index (χ0n) is 11.8. The molecule has 0 aliphatic rings. The maximum absolute atomic E-state index is 12.4. The summed E-state index contributed by atoms with van der Waals surface area (Å²) in [5, 5.41) is 11.5. The highest BCUT2D eigenvalue weighted by molar-refractivity contribution is 5.36. The van der Waals surface area contributed by atoms with E-state index >= 15 is 0 Å². The summed E-state index contributed by atoms with van der Waals surface area (Å²) < 4.78 is 28.0. The smallest absolute Gasteiger partial charge is 0.257 e. The molecule has 0 spiro atoms. The summed E-state index contributed by atoms with van der Waals surface area (Å²) in [6, 6.07) is 2.15. The fourth-order valence-corrected chi connectivity index (χ4v) is 2.03. The first kappa shape index (κ1) is 14.5. The van der Waals surface area contributed by atoms with Crippen LogP contribution >= 0.6 is 0 Å². The first-order valence-corrected chi connectivity index (χ1v) is 6.56. The van der Waals surface area contributed by atoms with Gasteiger partial charge in [-0.2, -0.15) is 10.2 Å². The second-order valence-electron chi connectivity index (χ2n) is 4.94. The number of nitrogens with zero attached hydrogens (tertiary/aromatic N) is 4. The van der Waals surface area contributed by atoms with Crippen LogP contribution in [0.4, 0.5) is 14.6 Å². The first-order chi connectivity index (χ1) is 9.49. The van der Waals surface area contributed by atoms with Crippen molar-refractivity contribution in [2.45, 2.75) is 46.3 Å². The summed E-state index contributed by atoms with van der Waals surface area (Å²) >= 11 is 0. The molecule has 0 aromatic carbocycles. The van der Waals surface area contributed by atoms with Crippen molar-refractivity contribution in [1.29, 1.82) is 0 Å². The molecular formula is C13H19F2N5. The molecule has 1 N–H and O–H groups in total. The van der Waals surface area contributed by atoms with E-state index in [0.29, 0.717) is 6.54 Å². The summed E-state index contributed by atoms with van der Waals surface area (Å²) in [5.74, 6) is 0.904. The van der Waals surface area contributed by atoms with Crippen LogP contribution in [0.1, 0.15) is 31.1 Å². The van der Waals surface area contributed by atoms with E-state index in [-0.39, 0.29) is 12.6 Å². The number of rotatable bonds is 6. The minimum absolute atomic E-state index is 0.259. The van der Waals surface area contributed by atoms with Gasteiger partial charge in [-0.05, 0) is 20.8 Å². The van der Waals surface area contributed by atoms with Crippen molar-refractivity contribution >= 4 is 5.82 Å². The van der Waals surface area contributed by atoms with Gasteiger partial charge in [0.15, 0.2) is 0 Å². The van der Waals surface area contributed by atoms with Crippen molar-refractivity contribution in [3.8, 4) is 0 Å². The summed E-state index contributed by atoms with van der Waals surface area (Å²) in [6.45, 7) is 6.06. The largest absolute Gasteiger partial charge is 0.366 e. The monoisotopic (exact) mass is 283 g/mol. The van der Waals surface area contributed by atoms with E-state index in [9.17, 15) is 8.78 Å². The fraction of sp³-hybridized carbons (Fsp3) is 0.538. The maximum atomic E-state index is 12.4. The summed E-state index contributed by atoms with van der Waals surface area (Å²) in [4.78, 5) is 0. The van der Waals surface area contributed by atoms with Gasteiger partial charge in [-0.1, -0.05) is 0 Å². The molecule has 2 aromatic rings. The van der Waals surface area contributed by atoms with Crippen molar-refractivity contribution in [3.05, 3.63) is 29.7 Å². The van der Waals surface area contributed by atoms with Crippen LogP contribution in [0.25, 0.3) is 0 Å². The van der Waals surface area contributed by atoms with E-state index in [2.05, 4.69) is 15.5 Å². The Kier molecular flexibility index (Phi) is 4.36. The topological polar surface area (TPSA) is 47.7 Å². The van der Waals surface area contributed by atoms with Gasteiger partial charge in [-0.3, -0.25) is 4.68 Å². The molecule has 0 aliphatic heterocycles. The van der Waals surface area contributed by atoms with Crippen molar-refractivity contribution in [2.75, 3.05) is 5.32 Å². The number of nitrogens with one attached hydrogen (secondary N) is 1. The van der Waals surface area contributed by atoms with E-state index in [1.807, 2.05) is 24.6 Å². The zero-order valence-corrected chi connectivity index (χ0v) is 11.8. The average molecular weight is 283 g/mol. The molecule has 0 bridgehead atoms. The van der Waals surface area contributed by atoms with Crippen LogP contribution in [-0.2, 0) is 13.1 Å². The van der Waals surface area contributed by atoms with E-state index < -0.39 is 6.43 Å². The van der Waals surface area contributed by atoms with Crippen molar-refractivity contribution in [3.63, 3.8) is 0 Å². The molecule has 2 rings (SSSR count). The highest BCUT2D eigenvalue weighted by Gasteiger charge is 2.12. The SMILES string of the molecule is Cc1c(CNc2ccnn2C(C)C)cnn1CC(F)F.